The minimum atomic E-state index is 0.159. The molecule has 1 fully saturated rings. The normalized spacial score (nSPS) is 20.3. The summed E-state index contributed by atoms with van der Waals surface area (Å²) >= 11 is 0. The number of amides is 1. The number of carbonyl (C=O) groups excluding carboxylic acids is 1. The predicted octanol–water partition coefficient (Wildman–Crippen LogP) is 3.25. The average molecular weight is 289 g/mol. The minimum Gasteiger partial charge on any atom is -0.454 e. The smallest absolute Gasteiger partial charge is 0.231 e. The second kappa shape index (κ2) is 5.58. The van der Waals surface area contributed by atoms with Gasteiger partial charge in [-0.15, -0.1) is 0 Å². The van der Waals surface area contributed by atoms with Crippen molar-refractivity contribution in [3.8, 4) is 11.5 Å². The number of hydrogen-bond donors (Lipinski definition) is 1. The zero-order valence-electron chi connectivity index (χ0n) is 12.8. The molecule has 0 spiro atoms. The maximum absolute atomic E-state index is 12.3. The third-order valence-electron chi connectivity index (χ3n) is 4.64. The number of para-hydroxylation sites is 1. The quantitative estimate of drug-likeness (QED) is 0.929. The molecule has 2 aliphatic rings. The Labute approximate surface area is 125 Å². The molecular weight excluding hydrogens is 266 g/mol. The Morgan fingerprint density at radius 1 is 1.29 bits per heavy atom. The number of rotatable bonds is 3. The van der Waals surface area contributed by atoms with Gasteiger partial charge in [0.15, 0.2) is 11.5 Å². The third-order valence-corrected chi connectivity index (χ3v) is 4.64. The Morgan fingerprint density at radius 2 is 2.05 bits per heavy atom. The highest BCUT2D eigenvalue weighted by molar-refractivity contribution is 5.78. The van der Waals surface area contributed by atoms with Gasteiger partial charge in [-0.25, -0.2) is 0 Å². The van der Waals surface area contributed by atoms with Crippen molar-refractivity contribution in [1.29, 1.82) is 0 Å². The highest BCUT2D eigenvalue weighted by Gasteiger charge is 2.30. The molecule has 0 unspecified atom stereocenters. The van der Waals surface area contributed by atoms with E-state index in [0.717, 1.165) is 42.7 Å². The van der Waals surface area contributed by atoms with Gasteiger partial charge in [-0.3, -0.25) is 4.79 Å². The van der Waals surface area contributed by atoms with Crippen molar-refractivity contribution in [3.63, 3.8) is 0 Å². The van der Waals surface area contributed by atoms with Crippen molar-refractivity contribution in [3.05, 3.63) is 23.8 Å². The first-order chi connectivity index (χ1) is 10.1. The summed E-state index contributed by atoms with van der Waals surface area (Å²) in [5, 5.41) is 3.05. The van der Waals surface area contributed by atoms with E-state index in [9.17, 15) is 4.79 Å². The monoisotopic (exact) mass is 289 g/mol. The highest BCUT2D eigenvalue weighted by Crippen LogP contribution is 2.38. The van der Waals surface area contributed by atoms with Crippen molar-refractivity contribution in [2.24, 2.45) is 11.3 Å². The average Bonchev–Trinajstić information content (AvgIpc) is 2.93. The van der Waals surface area contributed by atoms with Crippen LogP contribution in [0, 0.1) is 11.3 Å². The van der Waals surface area contributed by atoms with E-state index in [2.05, 4.69) is 19.2 Å². The molecule has 1 aliphatic carbocycles. The Kier molecular flexibility index (Phi) is 3.79. The molecule has 1 N–H and O–H groups in total. The van der Waals surface area contributed by atoms with Crippen LogP contribution in [0.3, 0.4) is 0 Å². The van der Waals surface area contributed by atoms with Crippen LogP contribution in [0.15, 0.2) is 18.2 Å². The Hall–Kier alpha value is -1.71. The molecule has 3 rings (SSSR count). The molecular formula is C17H23NO3. The van der Waals surface area contributed by atoms with Crippen LogP contribution in [0.2, 0.25) is 0 Å². The zero-order valence-corrected chi connectivity index (χ0v) is 12.8. The summed E-state index contributed by atoms with van der Waals surface area (Å²) < 4.78 is 10.8. The van der Waals surface area contributed by atoms with E-state index in [1.165, 1.54) is 0 Å². The standard InChI is InChI=1S/C17H23NO3/c1-17(2)8-6-12(7-9-17)16(19)18-10-13-4-3-5-14-15(13)21-11-20-14/h3-5,12H,6-11H2,1-2H3,(H,18,19). The van der Waals surface area contributed by atoms with Crippen LogP contribution < -0.4 is 14.8 Å². The molecule has 0 saturated heterocycles. The number of hydrogen-bond acceptors (Lipinski definition) is 3. The van der Waals surface area contributed by atoms with Gasteiger partial charge in [0.25, 0.3) is 0 Å². The molecule has 1 heterocycles. The molecule has 1 amide bonds. The SMILES string of the molecule is CC1(C)CCC(C(=O)NCc2cccc3c2OCO3)CC1. The summed E-state index contributed by atoms with van der Waals surface area (Å²) in [6.45, 7) is 5.33. The topological polar surface area (TPSA) is 47.6 Å². The lowest BCUT2D eigenvalue weighted by atomic mass is 9.73. The second-order valence-corrected chi connectivity index (χ2v) is 6.81. The molecule has 0 aromatic heterocycles. The van der Waals surface area contributed by atoms with Gasteiger partial charge in [0.1, 0.15) is 0 Å². The van der Waals surface area contributed by atoms with Crippen molar-refractivity contribution < 1.29 is 14.3 Å². The Bertz CT molecular complexity index is 529. The molecule has 1 saturated carbocycles. The van der Waals surface area contributed by atoms with Crippen LogP contribution in [0.4, 0.5) is 0 Å². The Morgan fingerprint density at radius 3 is 2.81 bits per heavy atom. The van der Waals surface area contributed by atoms with E-state index in [0.29, 0.717) is 12.0 Å². The van der Waals surface area contributed by atoms with Crippen LogP contribution >= 0.6 is 0 Å². The highest BCUT2D eigenvalue weighted by atomic mass is 16.7. The molecule has 4 heteroatoms. The summed E-state index contributed by atoms with van der Waals surface area (Å²) in [4.78, 5) is 12.3. The molecule has 1 aromatic rings. The lowest BCUT2D eigenvalue weighted by Gasteiger charge is -2.33. The van der Waals surface area contributed by atoms with Gasteiger partial charge in [-0.2, -0.15) is 0 Å². The van der Waals surface area contributed by atoms with E-state index >= 15 is 0 Å². The summed E-state index contributed by atoms with van der Waals surface area (Å²) in [6, 6.07) is 5.78. The van der Waals surface area contributed by atoms with E-state index in [1.807, 2.05) is 18.2 Å². The van der Waals surface area contributed by atoms with Crippen molar-refractivity contribution in [1.82, 2.24) is 5.32 Å². The maximum atomic E-state index is 12.3. The van der Waals surface area contributed by atoms with Crippen LogP contribution in [0.1, 0.15) is 45.1 Å². The Balaban J connectivity index is 1.56. The molecule has 4 nitrogen and oxygen atoms in total. The third kappa shape index (κ3) is 3.14. The summed E-state index contributed by atoms with van der Waals surface area (Å²) in [5.41, 5.74) is 1.37. The van der Waals surface area contributed by atoms with Gasteiger partial charge < -0.3 is 14.8 Å². The first-order valence-corrected chi connectivity index (χ1v) is 7.70. The number of benzene rings is 1. The number of fused-ring (bicyclic) bond motifs is 1. The first kappa shape index (κ1) is 14.2. The molecule has 114 valence electrons. The van der Waals surface area contributed by atoms with Crippen LogP contribution in [0.25, 0.3) is 0 Å². The predicted molar refractivity (Wildman–Crippen MR) is 80.2 cm³/mol. The van der Waals surface area contributed by atoms with Crippen LogP contribution in [-0.4, -0.2) is 12.7 Å². The molecule has 1 aliphatic heterocycles. The number of nitrogens with one attached hydrogen (secondary N) is 1. The fraction of sp³-hybridized carbons (Fsp3) is 0.588. The van der Waals surface area contributed by atoms with Crippen molar-refractivity contribution in [2.45, 2.75) is 46.1 Å². The fourth-order valence-electron chi connectivity index (χ4n) is 3.12. The van der Waals surface area contributed by atoms with Crippen LogP contribution in [-0.2, 0) is 11.3 Å². The van der Waals surface area contributed by atoms with Gasteiger partial charge in [0, 0.05) is 18.0 Å². The summed E-state index contributed by atoms with van der Waals surface area (Å²) in [6.07, 6.45) is 4.24. The lowest BCUT2D eigenvalue weighted by molar-refractivity contribution is -0.126. The molecule has 0 atom stereocenters. The van der Waals surface area contributed by atoms with Gasteiger partial charge in [0.05, 0.1) is 0 Å². The van der Waals surface area contributed by atoms with Gasteiger partial charge in [-0.05, 0) is 37.2 Å². The van der Waals surface area contributed by atoms with E-state index in [1.54, 1.807) is 0 Å². The van der Waals surface area contributed by atoms with Gasteiger partial charge >= 0.3 is 0 Å². The summed E-state index contributed by atoms with van der Waals surface area (Å²) in [5.74, 6) is 1.86. The fourth-order valence-corrected chi connectivity index (χ4v) is 3.12. The summed E-state index contributed by atoms with van der Waals surface area (Å²) in [7, 11) is 0. The minimum absolute atomic E-state index is 0.159. The molecule has 0 radical (unpaired) electrons. The zero-order chi connectivity index (χ0) is 14.9. The first-order valence-electron chi connectivity index (χ1n) is 7.70. The molecule has 21 heavy (non-hydrogen) atoms. The number of ether oxygens (including phenoxy) is 2. The van der Waals surface area contributed by atoms with E-state index < -0.39 is 0 Å². The van der Waals surface area contributed by atoms with E-state index in [4.69, 9.17) is 9.47 Å². The lowest BCUT2D eigenvalue weighted by Crippen LogP contribution is -2.34. The molecule has 1 aromatic carbocycles. The largest absolute Gasteiger partial charge is 0.454 e. The van der Waals surface area contributed by atoms with Crippen molar-refractivity contribution in [2.75, 3.05) is 6.79 Å². The van der Waals surface area contributed by atoms with Gasteiger partial charge in [-0.1, -0.05) is 26.0 Å². The molecule has 0 bridgehead atoms. The van der Waals surface area contributed by atoms with Crippen LogP contribution in [0.5, 0.6) is 11.5 Å². The maximum Gasteiger partial charge on any atom is 0.231 e. The van der Waals surface area contributed by atoms with Gasteiger partial charge in [0.2, 0.25) is 12.7 Å². The van der Waals surface area contributed by atoms with Crippen molar-refractivity contribution >= 4 is 5.91 Å². The van der Waals surface area contributed by atoms with E-state index in [-0.39, 0.29) is 18.6 Å². The second-order valence-electron chi connectivity index (χ2n) is 6.81. The number of carbonyl (C=O) groups is 1.